The molecule has 1 saturated carbocycles. The molecule has 110 valence electrons. The van der Waals surface area contributed by atoms with E-state index in [1.807, 2.05) is 6.07 Å². The van der Waals surface area contributed by atoms with E-state index in [4.69, 9.17) is 9.84 Å². The van der Waals surface area contributed by atoms with Crippen LogP contribution in [0, 0.1) is 5.41 Å². The summed E-state index contributed by atoms with van der Waals surface area (Å²) < 4.78 is 5.60. The number of benzene rings is 1. The van der Waals surface area contributed by atoms with E-state index < -0.39 is 5.97 Å². The van der Waals surface area contributed by atoms with E-state index in [-0.39, 0.29) is 11.0 Å². The van der Waals surface area contributed by atoms with Gasteiger partial charge < -0.3 is 15.2 Å². The number of ether oxygens (including phenoxy) is 1. The first-order chi connectivity index (χ1) is 9.30. The van der Waals surface area contributed by atoms with Crippen LogP contribution in [0.1, 0.15) is 43.1 Å². The fraction of sp³-hybridized carbons (Fsp3) is 0.562. The van der Waals surface area contributed by atoms with E-state index in [0.29, 0.717) is 18.2 Å². The lowest BCUT2D eigenvalue weighted by Gasteiger charge is -2.59. The van der Waals surface area contributed by atoms with Gasteiger partial charge in [0, 0.05) is 25.1 Å². The molecule has 0 saturated heterocycles. The maximum atomic E-state index is 10.9. The Kier molecular flexibility index (Phi) is 3.89. The summed E-state index contributed by atoms with van der Waals surface area (Å²) in [5.41, 5.74) is 1.30. The molecule has 20 heavy (non-hydrogen) atoms. The molecule has 1 aliphatic rings. The Bertz CT molecular complexity index is 512. The Balaban J connectivity index is 1.97. The van der Waals surface area contributed by atoms with Crippen molar-refractivity contribution in [3.05, 3.63) is 35.4 Å². The van der Waals surface area contributed by atoms with Gasteiger partial charge in [0.2, 0.25) is 0 Å². The molecule has 1 aliphatic carbocycles. The highest BCUT2D eigenvalue weighted by Gasteiger charge is 2.57. The first-order valence-corrected chi connectivity index (χ1v) is 6.91. The molecule has 0 aromatic heterocycles. The minimum absolute atomic E-state index is 0.0617. The smallest absolute Gasteiger partial charge is 0.335 e. The van der Waals surface area contributed by atoms with E-state index in [1.165, 1.54) is 0 Å². The quantitative estimate of drug-likeness (QED) is 0.868. The van der Waals surface area contributed by atoms with Crippen LogP contribution in [-0.2, 0) is 11.3 Å². The standard InChI is InChI=1S/C16H23NO3/c1-15(2)13(9-16(15,3)20-4)17-10-11-6-5-7-12(8-11)14(18)19/h5-8,13,17H,9-10H2,1-4H3,(H,18,19). The average molecular weight is 277 g/mol. The highest BCUT2D eigenvalue weighted by molar-refractivity contribution is 5.87. The lowest BCUT2D eigenvalue weighted by molar-refractivity contribution is -0.180. The SMILES string of the molecule is COC1(C)CC(NCc2cccc(C(=O)O)c2)C1(C)C. The van der Waals surface area contributed by atoms with Crippen molar-refractivity contribution in [1.29, 1.82) is 0 Å². The fourth-order valence-corrected chi connectivity index (χ4v) is 2.87. The molecule has 1 fully saturated rings. The molecule has 2 atom stereocenters. The minimum Gasteiger partial charge on any atom is -0.478 e. The Morgan fingerprint density at radius 1 is 1.45 bits per heavy atom. The van der Waals surface area contributed by atoms with Gasteiger partial charge in [-0.05, 0) is 31.0 Å². The molecule has 0 heterocycles. The topological polar surface area (TPSA) is 58.6 Å². The van der Waals surface area contributed by atoms with Gasteiger partial charge in [0.15, 0.2) is 0 Å². The summed E-state index contributed by atoms with van der Waals surface area (Å²) >= 11 is 0. The normalized spacial score (nSPS) is 27.9. The number of carbonyl (C=O) groups is 1. The summed E-state index contributed by atoms with van der Waals surface area (Å²) in [4.78, 5) is 10.9. The molecule has 2 rings (SSSR count). The number of carboxylic acids is 1. The zero-order chi connectivity index (χ0) is 15.0. The van der Waals surface area contributed by atoms with Crippen molar-refractivity contribution in [1.82, 2.24) is 5.32 Å². The van der Waals surface area contributed by atoms with Crippen LogP contribution in [0.5, 0.6) is 0 Å². The number of methoxy groups -OCH3 is 1. The molecule has 2 N–H and O–H groups in total. The second-order valence-electron chi connectivity index (χ2n) is 6.30. The van der Waals surface area contributed by atoms with Crippen LogP contribution >= 0.6 is 0 Å². The maximum Gasteiger partial charge on any atom is 0.335 e. The van der Waals surface area contributed by atoms with Gasteiger partial charge in [-0.3, -0.25) is 0 Å². The van der Waals surface area contributed by atoms with Crippen molar-refractivity contribution < 1.29 is 14.6 Å². The third-order valence-corrected chi connectivity index (χ3v) is 5.00. The summed E-state index contributed by atoms with van der Waals surface area (Å²) in [6.45, 7) is 7.21. The molecule has 4 nitrogen and oxygen atoms in total. The summed E-state index contributed by atoms with van der Waals surface area (Å²) in [5, 5.41) is 12.5. The highest BCUT2D eigenvalue weighted by Crippen LogP contribution is 2.51. The third kappa shape index (κ3) is 2.45. The maximum absolute atomic E-state index is 10.9. The molecule has 0 amide bonds. The average Bonchev–Trinajstić information content (AvgIpc) is 2.43. The van der Waals surface area contributed by atoms with Crippen LogP contribution in [0.25, 0.3) is 0 Å². The Hall–Kier alpha value is -1.39. The third-order valence-electron chi connectivity index (χ3n) is 5.00. The van der Waals surface area contributed by atoms with Crippen molar-refractivity contribution in [2.45, 2.75) is 45.4 Å². The van der Waals surface area contributed by atoms with Crippen molar-refractivity contribution in [3.63, 3.8) is 0 Å². The summed E-state index contributed by atoms with van der Waals surface area (Å²) in [6.07, 6.45) is 0.967. The molecule has 0 spiro atoms. The second kappa shape index (κ2) is 5.19. The van der Waals surface area contributed by atoms with E-state index in [2.05, 4.69) is 26.1 Å². The predicted molar refractivity (Wildman–Crippen MR) is 77.8 cm³/mol. The van der Waals surface area contributed by atoms with Crippen LogP contribution in [0.4, 0.5) is 0 Å². The van der Waals surface area contributed by atoms with Gasteiger partial charge in [0.1, 0.15) is 0 Å². The zero-order valence-corrected chi connectivity index (χ0v) is 12.6. The molecular formula is C16H23NO3. The van der Waals surface area contributed by atoms with E-state index in [9.17, 15) is 4.79 Å². The lowest BCUT2D eigenvalue weighted by atomic mass is 9.56. The Labute approximate surface area is 120 Å². The zero-order valence-electron chi connectivity index (χ0n) is 12.6. The largest absolute Gasteiger partial charge is 0.478 e. The molecule has 0 bridgehead atoms. The summed E-state index contributed by atoms with van der Waals surface area (Å²) in [5.74, 6) is -0.886. The van der Waals surface area contributed by atoms with E-state index in [1.54, 1.807) is 25.3 Å². The highest BCUT2D eigenvalue weighted by atomic mass is 16.5. The van der Waals surface area contributed by atoms with Crippen LogP contribution in [-0.4, -0.2) is 29.8 Å². The minimum atomic E-state index is -0.886. The first kappa shape index (κ1) is 15.0. The van der Waals surface area contributed by atoms with E-state index >= 15 is 0 Å². The van der Waals surface area contributed by atoms with Crippen LogP contribution in [0.15, 0.2) is 24.3 Å². The summed E-state index contributed by atoms with van der Waals surface area (Å²) in [7, 11) is 1.76. The number of hydrogen-bond acceptors (Lipinski definition) is 3. The second-order valence-corrected chi connectivity index (χ2v) is 6.30. The molecule has 0 aliphatic heterocycles. The predicted octanol–water partition coefficient (Wildman–Crippen LogP) is 2.68. The Morgan fingerprint density at radius 3 is 2.70 bits per heavy atom. The number of rotatable bonds is 5. The van der Waals surface area contributed by atoms with Gasteiger partial charge in [-0.1, -0.05) is 26.0 Å². The van der Waals surface area contributed by atoms with Crippen molar-refractivity contribution in [3.8, 4) is 0 Å². The van der Waals surface area contributed by atoms with Crippen molar-refractivity contribution in [2.24, 2.45) is 5.41 Å². The van der Waals surface area contributed by atoms with Crippen molar-refractivity contribution >= 4 is 5.97 Å². The number of nitrogens with one attached hydrogen (secondary N) is 1. The monoisotopic (exact) mass is 277 g/mol. The van der Waals surface area contributed by atoms with Gasteiger partial charge in [-0.25, -0.2) is 4.79 Å². The van der Waals surface area contributed by atoms with Gasteiger partial charge in [0.05, 0.1) is 11.2 Å². The molecular weight excluding hydrogens is 254 g/mol. The first-order valence-electron chi connectivity index (χ1n) is 6.91. The number of aromatic carboxylic acids is 1. The van der Waals surface area contributed by atoms with Gasteiger partial charge in [0.25, 0.3) is 0 Å². The molecule has 1 aromatic carbocycles. The molecule has 0 radical (unpaired) electrons. The van der Waals surface area contributed by atoms with Crippen LogP contribution in [0.2, 0.25) is 0 Å². The summed E-state index contributed by atoms with van der Waals surface area (Å²) in [6, 6.07) is 7.44. The van der Waals surface area contributed by atoms with Crippen LogP contribution in [0.3, 0.4) is 0 Å². The molecule has 1 aromatic rings. The van der Waals surface area contributed by atoms with E-state index in [0.717, 1.165) is 12.0 Å². The number of hydrogen-bond donors (Lipinski definition) is 2. The molecule has 4 heteroatoms. The van der Waals surface area contributed by atoms with Gasteiger partial charge in [-0.15, -0.1) is 0 Å². The van der Waals surface area contributed by atoms with Gasteiger partial charge >= 0.3 is 5.97 Å². The number of carboxylic acid groups (broad SMARTS) is 1. The van der Waals surface area contributed by atoms with Crippen molar-refractivity contribution in [2.75, 3.05) is 7.11 Å². The lowest BCUT2D eigenvalue weighted by Crippen LogP contribution is -2.67. The van der Waals surface area contributed by atoms with Crippen LogP contribution < -0.4 is 5.32 Å². The molecule has 2 unspecified atom stereocenters. The Morgan fingerprint density at radius 2 is 2.15 bits per heavy atom. The fourth-order valence-electron chi connectivity index (χ4n) is 2.87. The van der Waals surface area contributed by atoms with Gasteiger partial charge in [-0.2, -0.15) is 0 Å².